The van der Waals surface area contributed by atoms with E-state index in [2.05, 4.69) is 16.0 Å². The van der Waals surface area contributed by atoms with Gasteiger partial charge >= 0.3 is 6.03 Å². The summed E-state index contributed by atoms with van der Waals surface area (Å²) in [7, 11) is 1.56. The number of carbonyl (C=O) groups is 3. The highest BCUT2D eigenvalue weighted by Gasteiger charge is 2.31. The number of carbonyl (C=O) groups excluding carboxylic acids is 3. The molecule has 2 aromatic rings. The number of nitrogens with two attached hydrogens (primary N) is 1. The van der Waals surface area contributed by atoms with E-state index < -0.39 is 18.0 Å². The van der Waals surface area contributed by atoms with Crippen LogP contribution in [0.5, 0.6) is 11.5 Å². The highest BCUT2D eigenvalue weighted by atomic mass is 16.5. The number of rotatable bonds is 7. The Morgan fingerprint density at radius 1 is 1.07 bits per heavy atom. The van der Waals surface area contributed by atoms with Gasteiger partial charge in [0.2, 0.25) is 0 Å². The molecular formula is C21H22N4O5. The molecule has 30 heavy (non-hydrogen) atoms. The van der Waals surface area contributed by atoms with Crippen LogP contribution in [-0.4, -0.2) is 31.6 Å². The molecule has 3 rings (SSSR count). The van der Waals surface area contributed by atoms with E-state index >= 15 is 0 Å². The lowest BCUT2D eigenvalue weighted by Gasteiger charge is -2.28. The lowest BCUT2D eigenvalue weighted by atomic mass is 9.94. The minimum Gasteiger partial charge on any atom is -0.497 e. The summed E-state index contributed by atoms with van der Waals surface area (Å²) in [4.78, 5) is 35.9. The minimum atomic E-state index is -0.665. The van der Waals surface area contributed by atoms with E-state index in [-0.39, 0.29) is 12.5 Å². The predicted molar refractivity (Wildman–Crippen MR) is 110 cm³/mol. The third kappa shape index (κ3) is 4.88. The van der Waals surface area contributed by atoms with Crippen LogP contribution in [0.1, 0.15) is 18.5 Å². The number of amides is 4. The molecule has 2 aromatic carbocycles. The molecule has 4 amide bonds. The van der Waals surface area contributed by atoms with Crippen molar-refractivity contribution in [1.82, 2.24) is 10.6 Å². The van der Waals surface area contributed by atoms with Crippen LogP contribution in [0.4, 0.5) is 10.5 Å². The Kier molecular flexibility index (Phi) is 6.21. The number of benzene rings is 2. The monoisotopic (exact) mass is 410 g/mol. The number of urea groups is 1. The van der Waals surface area contributed by atoms with E-state index in [4.69, 9.17) is 15.2 Å². The Balaban J connectivity index is 1.83. The molecule has 0 radical (unpaired) electrons. The summed E-state index contributed by atoms with van der Waals surface area (Å²) in [6.45, 7) is 1.43. The number of methoxy groups -OCH3 is 1. The van der Waals surface area contributed by atoms with Crippen LogP contribution in [0, 0.1) is 0 Å². The van der Waals surface area contributed by atoms with Crippen molar-refractivity contribution >= 4 is 23.5 Å². The minimum absolute atomic E-state index is 0.238. The zero-order chi connectivity index (χ0) is 21.7. The van der Waals surface area contributed by atoms with E-state index in [0.717, 1.165) is 0 Å². The van der Waals surface area contributed by atoms with Crippen molar-refractivity contribution in [1.29, 1.82) is 0 Å². The maximum Gasteiger partial charge on any atom is 0.319 e. The number of ether oxygens (including phenoxy) is 2. The topological polar surface area (TPSA) is 132 Å². The van der Waals surface area contributed by atoms with Crippen molar-refractivity contribution in [3.05, 3.63) is 65.4 Å². The smallest absolute Gasteiger partial charge is 0.319 e. The zero-order valence-electron chi connectivity index (χ0n) is 16.5. The first-order chi connectivity index (χ1) is 14.4. The average Bonchev–Trinajstić information content (AvgIpc) is 2.72. The summed E-state index contributed by atoms with van der Waals surface area (Å²) >= 11 is 0. The summed E-state index contributed by atoms with van der Waals surface area (Å²) in [6, 6.07) is 12.5. The number of hydrogen-bond acceptors (Lipinski definition) is 5. The molecule has 1 aliphatic heterocycles. The van der Waals surface area contributed by atoms with Crippen molar-refractivity contribution in [3.8, 4) is 11.5 Å². The Morgan fingerprint density at radius 3 is 2.30 bits per heavy atom. The summed E-state index contributed by atoms with van der Waals surface area (Å²) in [5, 5.41) is 8.23. The quantitative estimate of drug-likeness (QED) is 0.553. The van der Waals surface area contributed by atoms with Crippen molar-refractivity contribution < 1.29 is 23.9 Å². The molecule has 0 saturated carbocycles. The molecule has 0 aromatic heterocycles. The van der Waals surface area contributed by atoms with Crippen molar-refractivity contribution in [3.63, 3.8) is 0 Å². The third-order valence-electron chi connectivity index (χ3n) is 4.46. The van der Waals surface area contributed by atoms with Crippen LogP contribution in [0.3, 0.4) is 0 Å². The first kappa shape index (κ1) is 20.7. The molecule has 0 fully saturated rings. The van der Waals surface area contributed by atoms with Crippen molar-refractivity contribution in [2.75, 3.05) is 19.0 Å². The maximum absolute atomic E-state index is 13.0. The molecule has 9 heteroatoms. The van der Waals surface area contributed by atoms with Gasteiger partial charge in [-0.15, -0.1) is 0 Å². The molecular weight excluding hydrogens is 388 g/mol. The number of primary amides is 1. The van der Waals surface area contributed by atoms with Crippen LogP contribution >= 0.6 is 0 Å². The van der Waals surface area contributed by atoms with Gasteiger partial charge in [-0.1, -0.05) is 12.1 Å². The second kappa shape index (κ2) is 8.99. The molecule has 0 bridgehead atoms. The Labute approximate surface area is 173 Å². The fraction of sp³-hybridized carbons (Fsp3) is 0.190. The van der Waals surface area contributed by atoms with Crippen molar-refractivity contribution in [2.45, 2.75) is 13.0 Å². The summed E-state index contributed by atoms with van der Waals surface area (Å²) < 4.78 is 10.4. The van der Waals surface area contributed by atoms with Gasteiger partial charge in [0, 0.05) is 11.4 Å². The molecule has 9 nitrogen and oxygen atoms in total. The van der Waals surface area contributed by atoms with E-state index in [9.17, 15) is 14.4 Å². The summed E-state index contributed by atoms with van der Waals surface area (Å²) in [5.41, 5.74) is 7.16. The van der Waals surface area contributed by atoms with Gasteiger partial charge in [0.05, 0.1) is 18.7 Å². The SMILES string of the molecule is COc1ccc(NC(=O)C2=C(C)NC(=O)N[C@H]2c2ccc(OCC(N)=O)cc2)cc1. The maximum atomic E-state index is 13.0. The standard InChI is InChI=1S/C21H22N4O5/c1-12-18(20(27)24-14-5-9-15(29-2)10-6-14)19(25-21(28)23-12)13-3-7-16(8-4-13)30-11-17(22)26/h3-10,19H,11H2,1-2H3,(H2,22,26)(H,24,27)(H2,23,25,28)/t19-/m0/s1. The molecule has 0 spiro atoms. The summed E-state index contributed by atoms with van der Waals surface area (Å²) in [5.74, 6) is 0.180. The number of hydrogen-bond donors (Lipinski definition) is 4. The number of anilines is 1. The van der Waals surface area contributed by atoms with Gasteiger partial charge in [-0.2, -0.15) is 0 Å². The molecule has 1 heterocycles. The highest BCUT2D eigenvalue weighted by molar-refractivity contribution is 6.06. The third-order valence-corrected chi connectivity index (χ3v) is 4.46. The molecule has 1 atom stereocenters. The predicted octanol–water partition coefficient (Wildman–Crippen LogP) is 1.83. The van der Waals surface area contributed by atoms with Gasteiger partial charge in [0.25, 0.3) is 11.8 Å². The normalized spacial score (nSPS) is 15.7. The fourth-order valence-electron chi connectivity index (χ4n) is 3.03. The first-order valence-electron chi connectivity index (χ1n) is 9.12. The Bertz CT molecular complexity index is 983. The van der Waals surface area contributed by atoms with Gasteiger partial charge < -0.3 is 31.2 Å². The van der Waals surface area contributed by atoms with Crippen LogP contribution < -0.4 is 31.2 Å². The molecule has 0 unspecified atom stereocenters. The average molecular weight is 410 g/mol. The molecule has 5 N–H and O–H groups in total. The molecule has 1 aliphatic rings. The zero-order valence-corrected chi connectivity index (χ0v) is 16.5. The molecule has 0 saturated heterocycles. The fourth-order valence-corrected chi connectivity index (χ4v) is 3.03. The number of nitrogens with one attached hydrogen (secondary N) is 3. The Hall–Kier alpha value is -4.01. The largest absolute Gasteiger partial charge is 0.497 e. The van der Waals surface area contributed by atoms with Gasteiger partial charge in [0.1, 0.15) is 11.5 Å². The van der Waals surface area contributed by atoms with Crippen molar-refractivity contribution in [2.24, 2.45) is 5.73 Å². The molecule has 156 valence electrons. The lowest BCUT2D eigenvalue weighted by molar-refractivity contribution is -0.120. The summed E-state index contributed by atoms with van der Waals surface area (Å²) in [6.07, 6.45) is 0. The lowest BCUT2D eigenvalue weighted by Crippen LogP contribution is -2.45. The molecule has 0 aliphatic carbocycles. The van der Waals surface area contributed by atoms with Crippen LogP contribution in [-0.2, 0) is 9.59 Å². The first-order valence-corrected chi connectivity index (χ1v) is 9.12. The van der Waals surface area contributed by atoms with Gasteiger partial charge in [0.15, 0.2) is 6.61 Å². The van der Waals surface area contributed by atoms with Crippen LogP contribution in [0.15, 0.2) is 59.8 Å². The highest BCUT2D eigenvalue weighted by Crippen LogP contribution is 2.29. The number of allylic oxidation sites excluding steroid dienone is 1. The van der Waals surface area contributed by atoms with Gasteiger partial charge in [-0.3, -0.25) is 9.59 Å². The van der Waals surface area contributed by atoms with Crippen LogP contribution in [0.25, 0.3) is 0 Å². The van der Waals surface area contributed by atoms with Crippen LogP contribution in [0.2, 0.25) is 0 Å². The van der Waals surface area contributed by atoms with Gasteiger partial charge in [-0.25, -0.2) is 4.79 Å². The Morgan fingerprint density at radius 2 is 1.70 bits per heavy atom. The van der Waals surface area contributed by atoms with E-state index in [1.54, 1.807) is 62.6 Å². The van der Waals surface area contributed by atoms with E-state index in [1.165, 1.54) is 0 Å². The van der Waals surface area contributed by atoms with E-state index in [0.29, 0.717) is 34.0 Å². The second-order valence-corrected chi connectivity index (χ2v) is 6.58. The van der Waals surface area contributed by atoms with Gasteiger partial charge in [-0.05, 0) is 48.9 Å². The van der Waals surface area contributed by atoms with E-state index in [1.807, 2.05) is 0 Å². The second-order valence-electron chi connectivity index (χ2n) is 6.58.